The van der Waals surface area contributed by atoms with Crippen molar-refractivity contribution in [2.75, 3.05) is 25.9 Å². The average Bonchev–Trinajstić information content (AvgIpc) is 2.70. The minimum absolute atomic E-state index is 0. The fourth-order valence-electron chi connectivity index (χ4n) is 1.41. The molecule has 0 aromatic carbocycles. The minimum atomic E-state index is -2.34. The smallest absolute Gasteiger partial charge is 0.255 e. The van der Waals surface area contributed by atoms with Gasteiger partial charge in [-0.1, -0.05) is 0 Å². The molecular weight excluding hydrogens is 347 g/mol. The van der Waals surface area contributed by atoms with E-state index in [1.165, 1.54) is 18.6 Å². The van der Waals surface area contributed by atoms with Gasteiger partial charge in [0.1, 0.15) is 0 Å². The highest BCUT2D eigenvalue weighted by Crippen LogP contribution is 2.25. The van der Waals surface area contributed by atoms with Gasteiger partial charge in [-0.25, -0.2) is 8.78 Å². The fraction of sp³-hybridized carbons (Fsp3) is 0.889. The van der Waals surface area contributed by atoms with Crippen molar-refractivity contribution in [3.8, 4) is 0 Å². The van der Waals surface area contributed by atoms with Crippen LogP contribution in [0.5, 0.6) is 0 Å². The Bertz CT molecular complexity index is 211. The first-order valence-electron chi connectivity index (χ1n) is 5.06. The summed E-state index contributed by atoms with van der Waals surface area (Å²) in [6.07, 6.45) is 0.105. The number of hydrogen-bond acceptors (Lipinski definition) is 2. The van der Waals surface area contributed by atoms with Gasteiger partial charge in [0.2, 0.25) is 0 Å². The zero-order valence-electron chi connectivity index (χ0n) is 9.21. The molecule has 1 aliphatic rings. The molecule has 1 rings (SSSR count). The molecule has 16 heavy (non-hydrogen) atoms. The molecule has 1 unspecified atom stereocenters. The number of guanidine groups is 1. The summed E-state index contributed by atoms with van der Waals surface area (Å²) in [6, 6.07) is 0. The lowest BCUT2D eigenvalue weighted by atomic mass is 10.2. The van der Waals surface area contributed by atoms with Crippen LogP contribution < -0.4 is 10.6 Å². The molecule has 0 aliphatic carbocycles. The third kappa shape index (κ3) is 6.72. The van der Waals surface area contributed by atoms with E-state index in [9.17, 15) is 8.78 Å². The molecular formula is C9H18F2IN3S. The Morgan fingerprint density at radius 3 is 2.75 bits per heavy atom. The third-order valence-electron chi connectivity index (χ3n) is 2.17. The van der Waals surface area contributed by atoms with Gasteiger partial charge in [-0.15, -0.1) is 24.0 Å². The van der Waals surface area contributed by atoms with Gasteiger partial charge in [-0.05, 0) is 18.6 Å². The highest BCUT2D eigenvalue weighted by molar-refractivity contribution is 14.0. The highest BCUT2D eigenvalue weighted by atomic mass is 127. The number of thioether (sulfide) groups is 1. The molecule has 0 aromatic heterocycles. The van der Waals surface area contributed by atoms with Gasteiger partial charge < -0.3 is 10.6 Å². The predicted molar refractivity (Wildman–Crippen MR) is 76.3 cm³/mol. The predicted octanol–water partition coefficient (Wildman–Crippen LogP) is 1.93. The monoisotopic (exact) mass is 365 g/mol. The van der Waals surface area contributed by atoms with Crippen molar-refractivity contribution in [1.29, 1.82) is 0 Å². The van der Waals surface area contributed by atoms with E-state index in [0.717, 1.165) is 6.54 Å². The minimum Gasteiger partial charge on any atom is -0.355 e. The van der Waals surface area contributed by atoms with E-state index in [1.54, 1.807) is 7.05 Å². The average molecular weight is 365 g/mol. The molecule has 0 saturated carbocycles. The topological polar surface area (TPSA) is 36.4 Å². The largest absolute Gasteiger partial charge is 0.355 e. The Morgan fingerprint density at radius 2 is 2.25 bits per heavy atom. The number of rotatable bonds is 4. The van der Waals surface area contributed by atoms with Crippen LogP contribution >= 0.6 is 35.7 Å². The lowest BCUT2D eigenvalue weighted by molar-refractivity contribution is 0.152. The summed E-state index contributed by atoms with van der Waals surface area (Å²) in [7, 11) is 1.59. The second-order valence-corrected chi connectivity index (χ2v) is 4.77. The number of halogens is 3. The van der Waals surface area contributed by atoms with Crippen LogP contribution in [-0.2, 0) is 0 Å². The molecule has 1 saturated heterocycles. The van der Waals surface area contributed by atoms with Gasteiger partial charge in [0.05, 0.1) is 6.54 Å². The first kappa shape index (κ1) is 16.2. The number of nitrogens with zero attached hydrogens (tertiary/aromatic N) is 1. The molecule has 7 heteroatoms. The molecule has 0 radical (unpaired) electrons. The van der Waals surface area contributed by atoms with E-state index >= 15 is 0 Å². The van der Waals surface area contributed by atoms with Crippen LogP contribution in [0.3, 0.4) is 0 Å². The molecule has 2 N–H and O–H groups in total. The molecule has 3 nitrogen and oxygen atoms in total. The maximum Gasteiger partial charge on any atom is 0.255 e. The Labute approximate surface area is 116 Å². The summed E-state index contributed by atoms with van der Waals surface area (Å²) >= 11 is 1.93. The van der Waals surface area contributed by atoms with Gasteiger partial charge in [-0.2, -0.15) is 11.8 Å². The summed E-state index contributed by atoms with van der Waals surface area (Å²) in [6.45, 7) is 0.449. The zero-order valence-corrected chi connectivity index (χ0v) is 12.4. The molecule has 0 spiro atoms. The van der Waals surface area contributed by atoms with Crippen molar-refractivity contribution in [3.05, 3.63) is 0 Å². The molecule has 0 amide bonds. The lowest BCUT2D eigenvalue weighted by Gasteiger charge is -2.14. The van der Waals surface area contributed by atoms with Crippen molar-refractivity contribution >= 4 is 41.7 Å². The third-order valence-corrected chi connectivity index (χ3v) is 3.57. The fourth-order valence-corrected chi connectivity index (χ4v) is 2.61. The molecule has 0 aromatic rings. The summed E-state index contributed by atoms with van der Waals surface area (Å²) in [5, 5.41) is 6.22. The first-order chi connectivity index (χ1) is 7.22. The standard InChI is InChI=1S/C9H17F2N3S.HI/c1-12-9(14-6-8(10)11)13-5-7-3-2-4-15-7;/h7-8H,2-6H2,1H3,(H2,12,13,14);1H. The van der Waals surface area contributed by atoms with E-state index in [2.05, 4.69) is 15.6 Å². The number of aliphatic imine (C=N–C) groups is 1. The maximum atomic E-state index is 11.9. The van der Waals surface area contributed by atoms with Gasteiger partial charge in [0, 0.05) is 18.8 Å². The van der Waals surface area contributed by atoms with Crippen molar-refractivity contribution in [3.63, 3.8) is 0 Å². The van der Waals surface area contributed by atoms with Gasteiger partial charge in [-0.3, -0.25) is 4.99 Å². The quantitative estimate of drug-likeness (QED) is 0.454. The molecule has 1 fully saturated rings. The molecule has 1 atom stereocenters. The van der Waals surface area contributed by atoms with E-state index < -0.39 is 6.43 Å². The van der Waals surface area contributed by atoms with Crippen LogP contribution in [0.15, 0.2) is 4.99 Å². The Balaban J connectivity index is 0.00000225. The van der Waals surface area contributed by atoms with Crippen LogP contribution in [0.2, 0.25) is 0 Å². The van der Waals surface area contributed by atoms with Crippen molar-refractivity contribution < 1.29 is 8.78 Å². The molecule has 1 aliphatic heterocycles. The first-order valence-corrected chi connectivity index (χ1v) is 6.11. The van der Waals surface area contributed by atoms with Gasteiger partial charge in [0.15, 0.2) is 5.96 Å². The summed E-state index contributed by atoms with van der Waals surface area (Å²) in [5.41, 5.74) is 0. The Morgan fingerprint density at radius 1 is 1.50 bits per heavy atom. The lowest BCUT2D eigenvalue weighted by Crippen LogP contribution is -2.41. The van der Waals surface area contributed by atoms with Crippen molar-refractivity contribution in [2.24, 2.45) is 4.99 Å². The van der Waals surface area contributed by atoms with Crippen molar-refractivity contribution in [1.82, 2.24) is 10.6 Å². The van der Waals surface area contributed by atoms with Gasteiger partial charge in [0.25, 0.3) is 6.43 Å². The van der Waals surface area contributed by atoms with Crippen LogP contribution in [0.25, 0.3) is 0 Å². The van der Waals surface area contributed by atoms with Crippen molar-refractivity contribution in [2.45, 2.75) is 24.5 Å². The SMILES string of the molecule is CN=C(NCC(F)F)NCC1CCCS1.I. The Kier molecular flexibility index (Phi) is 9.38. The Hall–Kier alpha value is 0.210. The van der Waals surface area contributed by atoms with E-state index in [-0.39, 0.29) is 30.5 Å². The normalized spacial score (nSPS) is 20.8. The second-order valence-electron chi connectivity index (χ2n) is 3.36. The number of nitrogens with one attached hydrogen (secondary N) is 2. The summed E-state index contributed by atoms with van der Waals surface area (Å²) in [5.74, 6) is 1.66. The van der Waals surface area contributed by atoms with Crippen LogP contribution in [0.4, 0.5) is 8.78 Å². The summed E-state index contributed by atoms with van der Waals surface area (Å²) < 4.78 is 23.8. The molecule has 1 heterocycles. The molecule has 96 valence electrons. The van der Waals surface area contributed by atoms with Crippen LogP contribution in [0.1, 0.15) is 12.8 Å². The van der Waals surface area contributed by atoms with E-state index in [1.807, 2.05) is 11.8 Å². The second kappa shape index (κ2) is 9.26. The van der Waals surface area contributed by atoms with Crippen LogP contribution in [-0.4, -0.2) is 43.5 Å². The number of alkyl halides is 2. The zero-order chi connectivity index (χ0) is 11.1. The number of hydrogen-bond donors (Lipinski definition) is 2. The van der Waals surface area contributed by atoms with Gasteiger partial charge >= 0.3 is 0 Å². The molecule has 0 bridgehead atoms. The van der Waals surface area contributed by atoms with E-state index in [4.69, 9.17) is 0 Å². The highest BCUT2D eigenvalue weighted by Gasteiger charge is 2.15. The van der Waals surface area contributed by atoms with E-state index in [0.29, 0.717) is 11.2 Å². The summed E-state index contributed by atoms with van der Waals surface area (Å²) in [4.78, 5) is 3.87. The van der Waals surface area contributed by atoms with Crippen LogP contribution in [0, 0.1) is 0 Å². The maximum absolute atomic E-state index is 11.9.